The number of fused-ring (bicyclic) bond motifs is 15. The zero-order chi connectivity index (χ0) is 41.0. The number of benzene rings is 6. The minimum atomic E-state index is -1.69. The van der Waals surface area contributed by atoms with Gasteiger partial charge in [0.05, 0.1) is 53.0 Å². The van der Waals surface area contributed by atoms with Gasteiger partial charge in [0.15, 0.2) is 35.2 Å². The van der Waals surface area contributed by atoms with Crippen LogP contribution in [0.2, 0.25) is 0 Å². The molecule has 5 atom stereocenters. The van der Waals surface area contributed by atoms with Gasteiger partial charge in [-0.25, -0.2) is 17.6 Å². The van der Waals surface area contributed by atoms with E-state index in [-0.39, 0.29) is 102 Å². The molecule has 62 heavy (non-hydrogen) atoms. The SMILES string of the molecule is CC12OC(C(OCc3ccccc3)[C@@H](OCc3ccccc3)C1OCc1ccccc1)n1c3cc(F)c(F)cc3c3c4c(c5c6cc(F)c(F)cc6n2c5c31)C(=O)NC4=O.S.S. The van der Waals surface area contributed by atoms with Crippen LogP contribution in [0.4, 0.5) is 17.6 Å². The van der Waals surface area contributed by atoms with Crippen molar-refractivity contribution >= 4 is 82.4 Å². The summed E-state index contributed by atoms with van der Waals surface area (Å²) in [5.41, 5.74) is 1.26. The zero-order valence-corrected chi connectivity index (χ0v) is 34.8. The quantitative estimate of drug-likeness (QED) is 0.115. The Balaban J connectivity index is 0.00000245. The van der Waals surface area contributed by atoms with E-state index in [4.69, 9.17) is 18.9 Å². The Morgan fingerprint density at radius 1 is 0.597 bits per heavy atom. The summed E-state index contributed by atoms with van der Waals surface area (Å²) in [6.45, 7) is 1.96. The summed E-state index contributed by atoms with van der Waals surface area (Å²) in [7, 11) is 0. The molecule has 15 heteroatoms. The molecule has 316 valence electrons. The summed E-state index contributed by atoms with van der Waals surface area (Å²) in [5.74, 6) is -6.30. The van der Waals surface area contributed by atoms with Gasteiger partial charge >= 0.3 is 0 Å². The highest BCUT2D eigenvalue weighted by Crippen LogP contribution is 2.55. The summed E-state index contributed by atoms with van der Waals surface area (Å²) in [6.07, 6.45) is -4.38. The van der Waals surface area contributed by atoms with Crippen molar-refractivity contribution < 1.29 is 46.1 Å². The second kappa shape index (κ2) is 15.6. The Morgan fingerprint density at radius 3 is 1.56 bits per heavy atom. The smallest absolute Gasteiger partial charge is 0.259 e. The fraction of sp³-hybridized carbons (Fsp3) is 0.191. The van der Waals surface area contributed by atoms with E-state index in [9.17, 15) is 9.59 Å². The molecule has 1 saturated heterocycles. The average Bonchev–Trinajstić information content (AvgIpc) is 3.83. The maximum atomic E-state index is 15.7. The molecular weight excluding hydrogens is 843 g/mol. The lowest BCUT2D eigenvalue weighted by atomic mass is 9.92. The molecule has 0 saturated carbocycles. The molecule has 2 bridgehead atoms. The van der Waals surface area contributed by atoms with Crippen LogP contribution in [-0.4, -0.2) is 39.3 Å². The number of nitrogens with one attached hydrogen (secondary N) is 1. The molecule has 6 aromatic carbocycles. The molecule has 11 rings (SSSR count). The molecule has 3 aliphatic heterocycles. The third kappa shape index (κ3) is 6.16. The number of amides is 2. The largest absolute Gasteiger partial charge is 0.368 e. The molecule has 1 N–H and O–H groups in total. The van der Waals surface area contributed by atoms with Crippen molar-refractivity contribution in [3.63, 3.8) is 0 Å². The summed E-state index contributed by atoms with van der Waals surface area (Å²) in [4.78, 5) is 27.9. The van der Waals surface area contributed by atoms with E-state index in [2.05, 4.69) is 5.32 Å². The Kier molecular flexibility index (Phi) is 10.5. The fourth-order valence-corrected chi connectivity index (χ4v) is 9.51. The fourth-order valence-electron chi connectivity index (χ4n) is 9.51. The van der Waals surface area contributed by atoms with Crippen LogP contribution in [0.3, 0.4) is 0 Å². The van der Waals surface area contributed by atoms with Crippen LogP contribution in [0, 0.1) is 23.3 Å². The third-order valence-electron chi connectivity index (χ3n) is 12.0. The predicted molar refractivity (Wildman–Crippen MR) is 234 cm³/mol. The van der Waals surface area contributed by atoms with Gasteiger partial charge in [0.25, 0.3) is 11.8 Å². The van der Waals surface area contributed by atoms with E-state index >= 15 is 17.6 Å². The van der Waals surface area contributed by atoms with Crippen molar-refractivity contribution in [3.05, 3.63) is 166 Å². The Hall–Kier alpha value is -5.68. The number of halogens is 4. The van der Waals surface area contributed by atoms with Crippen LogP contribution in [0.15, 0.2) is 115 Å². The minimum absolute atomic E-state index is 0. The molecule has 5 heterocycles. The number of imide groups is 1. The van der Waals surface area contributed by atoms with E-state index in [0.29, 0.717) is 0 Å². The first-order chi connectivity index (χ1) is 29.1. The number of hydrogen-bond donors (Lipinski definition) is 1. The molecule has 3 aliphatic rings. The second-order valence-corrected chi connectivity index (χ2v) is 15.6. The van der Waals surface area contributed by atoms with E-state index in [1.165, 1.54) is 0 Å². The van der Waals surface area contributed by atoms with E-state index in [1.807, 2.05) is 91.0 Å². The number of ether oxygens (including phenoxy) is 4. The maximum Gasteiger partial charge on any atom is 0.259 e. The number of carbonyl (C=O) groups is 2. The Labute approximate surface area is 365 Å². The maximum absolute atomic E-state index is 15.7. The van der Waals surface area contributed by atoms with Gasteiger partial charge in [-0.05, 0) is 35.7 Å². The summed E-state index contributed by atoms with van der Waals surface area (Å²) in [6, 6.07) is 32.4. The molecule has 4 unspecified atom stereocenters. The highest BCUT2D eigenvalue weighted by atomic mass is 32.1. The number of aromatic nitrogens is 2. The van der Waals surface area contributed by atoms with Crippen LogP contribution >= 0.6 is 27.0 Å². The molecule has 8 aromatic rings. The lowest BCUT2D eigenvalue weighted by Gasteiger charge is -2.51. The standard InChI is InChI=1S/C47H33F4N3O6.2H2S/c1-47-43(59-23-26-15-9-4-10-16-26)41(57-21-24-11-5-2-6-12-24)42(58-22-25-13-7-3-8-14-25)46(60-47)53-33-19-31(50)29(48)17-27(33)35-37-38(45(56)52-44(37)55)36-28-18-30(49)32(51)20-34(28)54(47)40(36)39(35)53;;/h2-20,41-43,46H,21-23H2,1H3,(H,52,55,56);2*1H2/t41-,42?,43?,46?,47?;;/m1../s1. The topological polar surface area (TPSA) is 92.9 Å². The Morgan fingerprint density at radius 2 is 1.03 bits per heavy atom. The first-order valence-corrected chi connectivity index (χ1v) is 19.4. The van der Waals surface area contributed by atoms with Gasteiger partial charge in [0.2, 0.25) is 0 Å². The average molecular weight is 880 g/mol. The van der Waals surface area contributed by atoms with Gasteiger partial charge < -0.3 is 28.1 Å². The molecule has 9 nitrogen and oxygen atoms in total. The molecular formula is C47H37F4N3O6S2. The van der Waals surface area contributed by atoms with Crippen molar-refractivity contribution in [2.75, 3.05) is 0 Å². The normalized spacial score (nSPS) is 21.3. The van der Waals surface area contributed by atoms with E-state index in [1.54, 1.807) is 16.1 Å². The highest BCUT2D eigenvalue weighted by molar-refractivity contribution is 7.59. The second-order valence-electron chi connectivity index (χ2n) is 15.6. The summed E-state index contributed by atoms with van der Waals surface area (Å²) in [5, 5.41) is 2.84. The third-order valence-corrected chi connectivity index (χ3v) is 12.0. The van der Waals surface area contributed by atoms with Crippen molar-refractivity contribution in [3.8, 4) is 0 Å². The number of hydrogen-bond acceptors (Lipinski definition) is 6. The van der Waals surface area contributed by atoms with E-state index < -0.39 is 65.3 Å². The molecule has 2 aromatic heterocycles. The van der Waals surface area contributed by atoms with Crippen LogP contribution < -0.4 is 5.32 Å². The van der Waals surface area contributed by atoms with Crippen molar-refractivity contribution in [1.29, 1.82) is 0 Å². The first kappa shape index (κ1) is 41.7. The number of carbonyl (C=O) groups excluding carboxylic acids is 2. The first-order valence-electron chi connectivity index (χ1n) is 19.4. The minimum Gasteiger partial charge on any atom is -0.368 e. The van der Waals surface area contributed by atoms with Gasteiger partial charge in [-0.15, -0.1) is 0 Å². The lowest BCUT2D eigenvalue weighted by molar-refractivity contribution is -0.336. The lowest BCUT2D eigenvalue weighted by Crippen LogP contribution is -2.63. The molecule has 2 amide bonds. The van der Waals surface area contributed by atoms with Gasteiger partial charge in [-0.2, -0.15) is 27.0 Å². The van der Waals surface area contributed by atoms with Gasteiger partial charge in [-0.3, -0.25) is 14.9 Å². The van der Waals surface area contributed by atoms with Crippen LogP contribution in [0.25, 0.3) is 43.6 Å². The molecule has 0 aliphatic carbocycles. The summed E-state index contributed by atoms with van der Waals surface area (Å²) < 4.78 is 93.7. The summed E-state index contributed by atoms with van der Waals surface area (Å²) >= 11 is 0. The van der Waals surface area contributed by atoms with Crippen molar-refractivity contribution in [2.45, 2.75) is 57.0 Å². The van der Waals surface area contributed by atoms with Gasteiger partial charge in [0, 0.05) is 33.7 Å². The highest BCUT2D eigenvalue weighted by Gasteiger charge is 2.59. The zero-order valence-electron chi connectivity index (χ0n) is 32.8. The Bertz CT molecular complexity index is 3100. The van der Waals surface area contributed by atoms with Crippen LogP contribution in [-0.2, 0) is 44.5 Å². The van der Waals surface area contributed by atoms with Crippen molar-refractivity contribution in [2.24, 2.45) is 0 Å². The monoisotopic (exact) mass is 879 g/mol. The van der Waals surface area contributed by atoms with Crippen LogP contribution in [0.5, 0.6) is 0 Å². The molecule has 0 spiro atoms. The molecule has 0 radical (unpaired) electrons. The predicted octanol–water partition coefficient (Wildman–Crippen LogP) is 9.54. The number of nitrogens with zero attached hydrogens (tertiary/aromatic N) is 2. The van der Waals surface area contributed by atoms with Crippen LogP contribution in [0.1, 0.15) is 50.6 Å². The number of rotatable bonds is 9. The van der Waals surface area contributed by atoms with Crippen molar-refractivity contribution in [1.82, 2.24) is 14.5 Å². The molecule has 1 fully saturated rings. The van der Waals surface area contributed by atoms with E-state index in [0.717, 1.165) is 41.0 Å². The van der Waals surface area contributed by atoms with Gasteiger partial charge in [0.1, 0.15) is 18.3 Å². The van der Waals surface area contributed by atoms with Gasteiger partial charge in [-0.1, -0.05) is 91.0 Å².